The second-order valence-electron chi connectivity index (χ2n) is 6.22. The number of ether oxygens (including phenoxy) is 2. The number of imide groups is 1. The lowest BCUT2D eigenvalue weighted by Gasteiger charge is -2.13. The maximum absolute atomic E-state index is 12.1. The Hall–Kier alpha value is -2.97. The van der Waals surface area contributed by atoms with E-state index in [4.69, 9.17) is 21.1 Å². The van der Waals surface area contributed by atoms with Gasteiger partial charge in [-0.2, -0.15) is 0 Å². The van der Waals surface area contributed by atoms with Crippen LogP contribution in [-0.2, 0) is 9.59 Å². The van der Waals surface area contributed by atoms with Crippen molar-refractivity contribution in [1.82, 2.24) is 4.90 Å². The average molecular weight is 447 g/mol. The van der Waals surface area contributed by atoms with Gasteiger partial charge in [-0.1, -0.05) is 17.7 Å². The van der Waals surface area contributed by atoms with E-state index < -0.39 is 0 Å². The Bertz CT molecular complexity index is 1010. The van der Waals surface area contributed by atoms with Crippen molar-refractivity contribution in [3.8, 4) is 11.5 Å². The number of likely N-dealkylation sites (N-methyl/N-ethyl adjacent to an activating group) is 1. The highest BCUT2D eigenvalue weighted by Gasteiger charge is 2.31. The molecule has 0 unspecified atom stereocenters. The van der Waals surface area contributed by atoms with Gasteiger partial charge in [0.2, 0.25) is 0 Å². The highest BCUT2D eigenvalue weighted by atomic mass is 35.5. The summed E-state index contributed by atoms with van der Waals surface area (Å²) in [6.07, 6.45) is 1.62. The summed E-state index contributed by atoms with van der Waals surface area (Å²) in [6, 6.07) is 11.8. The van der Waals surface area contributed by atoms with Crippen LogP contribution in [0.4, 0.5) is 10.5 Å². The molecule has 2 aromatic rings. The van der Waals surface area contributed by atoms with Crippen molar-refractivity contribution in [2.24, 2.45) is 0 Å². The predicted molar refractivity (Wildman–Crippen MR) is 117 cm³/mol. The van der Waals surface area contributed by atoms with Crippen molar-refractivity contribution in [2.45, 2.75) is 6.92 Å². The number of nitrogens with zero attached hydrogens (tertiary/aromatic N) is 1. The number of nitrogens with one attached hydrogen (secondary N) is 1. The van der Waals surface area contributed by atoms with Crippen molar-refractivity contribution >= 4 is 52.2 Å². The van der Waals surface area contributed by atoms with Crippen LogP contribution in [0.5, 0.6) is 11.5 Å². The van der Waals surface area contributed by atoms with Crippen molar-refractivity contribution in [1.29, 1.82) is 0 Å². The first-order valence-corrected chi connectivity index (χ1v) is 10.2. The summed E-state index contributed by atoms with van der Waals surface area (Å²) < 4.78 is 11.2. The standard InChI is InChI=1S/C21H19ClN2O5S/c1-3-28-17-10-13(11-18-20(26)24(2)21(27)30-18)4-9-16(17)29-12-19(25)23-15-7-5-14(22)6-8-15/h4-11H,3,12H2,1-2H3,(H,23,25)/b18-11+. The molecule has 156 valence electrons. The molecular formula is C21H19ClN2O5S. The van der Waals surface area contributed by atoms with Crippen LogP contribution in [0.2, 0.25) is 5.02 Å². The molecule has 1 fully saturated rings. The molecule has 0 radical (unpaired) electrons. The molecule has 7 nitrogen and oxygen atoms in total. The van der Waals surface area contributed by atoms with Gasteiger partial charge in [-0.3, -0.25) is 19.3 Å². The molecule has 1 heterocycles. The lowest BCUT2D eigenvalue weighted by Crippen LogP contribution is -2.22. The van der Waals surface area contributed by atoms with E-state index in [2.05, 4.69) is 5.32 Å². The third-order valence-electron chi connectivity index (χ3n) is 4.04. The Labute approximate surface area is 183 Å². The quantitative estimate of drug-likeness (QED) is 0.633. The van der Waals surface area contributed by atoms with E-state index in [1.165, 1.54) is 7.05 Å². The fourth-order valence-electron chi connectivity index (χ4n) is 2.57. The first-order valence-electron chi connectivity index (χ1n) is 9.04. The minimum absolute atomic E-state index is 0.212. The van der Waals surface area contributed by atoms with E-state index >= 15 is 0 Å². The van der Waals surface area contributed by atoms with Gasteiger partial charge in [0.05, 0.1) is 11.5 Å². The molecule has 2 aromatic carbocycles. The monoisotopic (exact) mass is 446 g/mol. The lowest BCUT2D eigenvalue weighted by molar-refractivity contribution is -0.121. The number of carbonyl (C=O) groups is 3. The number of hydrogen-bond donors (Lipinski definition) is 1. The number of carbonyl (C=O) groups excluding carboxylic acids is 3. The normalized spacial score (nSPS) is 14.9. The summed E-state index contributed by atoms with van der Waals surface area (Å²) >= 11 is 6.71. The summed E-state index contributed by atoms with van der Waals surface area (Å²) in [7, 11) is 1.44. The number of halogens is 1. The topological polar surface area (TPSA) is 84.9 Å². The Morgan fingerprint density at radius 3 is 2.50 bits per heavy atom. The van der Waals surface area contributed by atoms with Crippen molar-refractivity contribution in [3.63, 3.8) is 0 Å². The first-order chi connectivity index (χ1) is 14.4. The SMILES string of the molecule is CCOc1cc(/C=C2/SC(=O)N(C)C2=O)ccc1OCC(=O)Nc1ccc(Cl)cc1. The van der Waals surface area contributed by atoms with Gasteiger partial charge in [0.1, 0.15) is 0 Å². The van der Waals surface area contributed by atoms with E-state index in [1.54, 1.807) is 48.5 Å². The Balaban J connectivity index is 1.69. The zero-order valence-corrected chi connectivity index (χ0v) is 17.9. The molecule has 0 aliphatic carbocycles. The number of hydrogen-bond acceptors (Lipinski definition) is 6. The molecule has 1 aliphatic heterocycles. The van der Waals surface area contributed by atoms with E-state index in [0.29, 0.717) is 39.3 Å². The van der Waals surface area contributed by atoms with Gasteiger partial charge in [0, 0.05) is 17.8 Å². The predicted octanol–water partition coefficient (Wildman–Crippen LogP) is 4.42. The van der Waals surface area contributed by atoms with Crippen molar-refractivity contribution in [2.75, 3.05) is 25.6 Å². The van der Waals surface area contributed by atoms with Crippen LogP contribution in [0.15, 0.2) is 47.4 Å². The van der Waals surface area contributed by atoms with Gasteiger partial charge in [0.15, 0.2) is 18.1 Å². The average Bonchev–Trinajstić information content (AvgIpc) is 2.96. The minimum atomic E-state index is -0.345. The minimum Gasteiger partial charge on any atom is -0.490 e. The van der Waals surface area contributed by atoms with E-state index in [0.717, 1.165) is 16.7 Å². The Morgan fingerprint density at radius 1 is 1.13 bits per heavy atom. The van der Waals surface area contributed by atoms with Gasteiger partial charge in [0.25, 0.3) is 17.1 Å². The van der Waals surface area contributed by atoms with Crippen LogP contribution in [-0.4, -0.2) is 42.2 Å². The number of amides is 3. The molecule has 0 aromatic heterocycles. The summed E-state index contributed by atoms with van der Waals surface area (Å²) in [4.78, 5) is 37.2. The number of thioether (sulfide) groups is 1. The van der Waals surface area contributed by atoms with Gasteiger partial charge in [-0.15, -0.1) is 0 Å². The summed E-state index contributed by atoms with van der Waals surface area (Å²) in [5.41, 5.74) is 1.29. The van der Waals surface area contributed by atoms with E-state index in [1.807, 2.05) is 6.92 Å². The molecular weight excluding hydrogens is 428 g/mol. The molecule has 3 amide bonds. The smallest absolute Gasteiger partial charge is 0.293 e. The molecule has 9 heteroatoms. The molecule has 0 atom stereocenters. The van der Waals surface area contributed by atoms with Gasteiger partial charge < -0.3 is 14.8 Å². The zero-order valence-electron chi connectivity index (χ0n) is 16.3. The molecule has 0 spiro atoms. The lowest BCUT2D eigenvalue weighted by atomic mass is 10.2. The third kappa shape index (κ3) is 5.34. The number of benzene rings is 2. The van der Waals surface area contributed by atoms with Crippen LogP contribution < -0.4 is 14.8 Å². The Morgan fingerprint density at radius 2 is 1.87 bits per heavy atom. The van der Waals surface area contributed by atoms with Crippen LogP contribution in [0.1, 0.15) is 12.5 Å². The third-order valence-corrected chi connectivity index (χ3v) is 5.25. The van der Waals surface area contributed by atoms with Crippen LogP contribution in [0.3, 0.4) is 0 Å². The Kier molecular flexibility index (Phi) is 7.02. The molecule has 1 saturated heterocycles. The van der Waals surface area contributed by atoms with E-state index in [9.17, 15) is 14.4 Å². The van der Waals surface area contributed by atoms with Crippen LogP contribution >= 0.6 is 23.4 Å². The maximum Gasteiger partial charge on any atom is 0.293 e. The molecule has 0 bridgehead atoms. The zero-order chi connectivity index (χ0) is 21.7. The van der Waals surface area contributed by atoms with E-state index in [-0.39, 0.29) is 23.7 Å². The molecule has 30 heavy (non-hydrogen) atoms. The number of anilines is 1. The van der Waals surface area contributed by atoms with Crippen molar-refractivity contribution in [3.05, 3.63) is 58.0 Å². The summed E-state index contributed by atoms with van der Waals surface area (Å²) in [5.74, 6) is 0.146. The highest BCUT2D eigenvalue weighted by molar-refractivity contribution is 8.18. The largest absolute Gasteiger partial charge is 0.490 e. The maximum atomic E-state index is 12.1. The molecule has 0 saturated carbocycles. The van der Waals surface area contributed by atoms with Gasteiger partial charge >= 0.3 is 0 Å². The molecule has 3 rings (SSSR count). The summed E-state index contributed by atoms with van der Waals surface area (Å²) in [6.45, 7) is 2.01. The van der Waals surface area contributed by atoms with Gasteiger partial charge in [-0.25, -0.2) is 0 Å². The van der Waals surface area contributed by atoms with Crippen LogP contribution in [0.25, 0.3) is 6.08 Å². The number of rotatable bonds is 7. The first kappa shape index (κ1) is 21.7. The summed E-state index contributed by atoms with van der Waals surface area (Å²) in [5, 5.41) is 2.98. The van der Waals surface area contributed by atoms with Crippen LogP contribution in [0, 0.1) is 0 Å². The highest BCUT2D eigenvalue weighted by Crippen LogP contribution is 2.34. The second-order valence-corrected chi connectivity index (χ2v) is 7.65. The molecule has 1 aliphatic rings. The second kappa shape index (κ2) is 9.69. The fourth-order valence-corrected chi connectivity index (χ4v) is 3.53. The van der Waals surface area contributed by atoms with Crippen molar-refractivity contribution < 1.29 is 23.9 Å². The van der Waals surface area contributed by atoms with Gasteiger partial charge in [-0.05, 0) is 66.7 Å². The fraction of sp³-hybridized carbons (Fsp3) is 0.190. The molecule has 1 N–H and O–H groups in total.